The van der Waals surface area contributed by atoms with Crippen molar-refractivity contribution in [2.24, 2.45) is 16.7 Å². The first-order valence-electron chi connectivity index (χ1n) is 9.43. The molecule has 0 rings (SSSR count). The van der Waals surface area contributed by atoms with Gasteiger partial charge in [0.15, 0.2) is 0 Å². The fraction of sp³-hybridized carbons (Fsp3) is 1.00. The topological polar surface area (TPSA) is 18.5 Å². The van der Waals surface area contributed by atoms with E-state index in [2.05, 4.69) is 76.2 Å². The van der Waals surface area contributed by atoms with Gasteiger partial charge in [-0.1, -0.05) is 48.5 Å². The summed E-state index contributed by atoms with van der Waals surface area (Å²) in [5.74, 6) is 1.17. The summed E-state index contributed by atoms with van der Waals surface area (Å²) in [6.07, 6.45) is 1.99. The monoisotopic (exact) mass is 362 g/mol. The Morgan fingerprint density at radius 3 is 1.71 bits per heavy atom. The molecule has 0 aromatic heterocycles. The number of alkyl halides is 1. The second-order valence-corrected chi connectivity index (χ2v) is 10.6. The zero-order chi connectivity index (χ0) is 19.4. The summed E-state index contributed by atoms with van der Waals surface area (Å²) in [6.45, 7) is 25.1. The molecule has 0 N–H and O–H groups in total. The maximum atomic E-state index is 6.44. The smallest absolute Gasteiger partial charge is 0.0724 e. The van der Waals surface area contributed by atoms with Gasteiger partial charge in [-0.15, -0.1) is 11.6 Å². The molecule has 2 nitrogen and oxygen atoms in total. The lowest BCUT2D eigenvalue weighted by atomic mass is 9.72. The van der Waals surface area contributed by atoms with Crippen molar-refractivity contribution in [3.63, 3.8) is 0 Å². The van der Waals surface area contributed by atoms with Gasteiger partial charge in [-0.2, -0.15) is 0 Å². The average Bonchev–Trinajstić information content (AvgIpc) is 2.34. The summed E-state index contributed by atoms with van der Waals surface area (Å²) in [7, 11) is 0. The van der Waals surface area contributed by atoms with Crippen LogP contribution < -0.4 is 0 Å². The molecule has 0 saturated heterocycles. The van der Waals surface area contributed by atoms with Gasteiger partial charge >= 0.3 is 0 Å². The van der Waals surface area contributed by atoms with E-state index in [4.69, 9.17) is 21.1 Å². The molecule has 146 valence electrons. The molecule has 0 amide bonds. The molecule has 0 aliphatic heterocycles. The Labute approximate surface area is 157 Å². The largest absolute Gasteiger partial charge is 0.375 e. The highest BCUT2D eigenvalue weighted by atomic mass is 35.5. The molecule has 0 radical (unpaired) electrons. The third-order valence-corrected chi connectivity index (χ3v) is 6.31. The Morgan fingerprint density at radius 2 is 1.33 bits per heavy atom. The highest BCUT2D eigenvalue weighted by Crippen LogP contribution is 2.41. The van der Waals surface area contributed by atoms with Crippen LogP contribution >= 0.6 is 11.6 Å². The van der Waals surface area contributed by atoms with Gasteiger partial charge in [0.2, 0.25) is 0 Å². The molecule has 0 heterocycles. The molecule has 0 aromatic carbocycles. The number of rotatable bonds is 10. The summed E-state index contributed by atoms with van der Waals surface area (Å²) in [6, 6.07) is 0. The van der Waals surface area contributed by atoms with Crippen LogP contribution in [0.1, 0.15) is 89.0 Å². The summed E-state index contributed by atoms with van der Waals surface area (Å²) >= 11 is 6.26. The summed E-state index contributed by atoms with van der Waals surface area (Å²) in [5.41, 5.74) is -0.422. The van der Waals surface area contributed by atoms with E-state index in [-0.39, 0.29) is 28.1 Å². The standard InChI is InChI=1S/C21H43ClO2/c1-16(2)12-13-23-21(10,11)19(6,7)14-17(15-22)24-20(8,9)18(3,4)5/h16-17H,12-15H2,1-11H3. The van der Waals surface area contributed by atoms with Crippen molar-refractivity contribution in [1.29, 1.82) is 0 Å². The van der Waals surface area contributed by atoms with Crippen LogP contribution in [0.4, 0.5) is 0 Å². The van der Waals surface area contributed by atoms with Crippen LogP contribution in [0.25, 0.3) is 0 Å². The van der Waals surface area contributed by atoms with Gasteiger partial charge < -0.3 is 9.47 Å². The molecule has 1 atom stereocenters. The van der Waals surface area contributed by atoms with Crippen LogP contribution in [0.5, 0.6) is 0 Å². The van der Waals surface area contributed by atoms with Crippen LogP contribution in [0.15, 0.2) is 0 Å². The number of halogens is 1. The van der Waals surface area contributed by atoms with Crippen molar-refractivity contribution in [2.75, 3.05) is 12.5 Å². The molecule has 0 aromatic rings. The van der Waals surface area contributed by atoms with E-state index in [1.165, 1.54) is 0 Å². The fourth-order valence-corrected chi connectivity index (χ4v) is 2.45. The third-order valence-electron chi connectivity index (χ3n) is 5.97. The van der Waals surface area contributed by atoms with E-state index in [0.29, 0.717) is 11.8 Å². The Hall–Kier alpha value is 0.210. The number of hydrogen-bond acceptors (Lipinski definition) is 2. The maximum Gasteiger partial charge on any atom is 0.0724 e. The van der Waals surface area contributed by atoms with E-state index in [1.54, 1.807) is 0 Å². The highest BCUT2D eigenvalue weighted by molar-refractivity contribution is 6.18. The van der Waals surface area contributed by atoms with Crippen molar-refractivity contribution < 1.29 is 9.47 Å². The lowest BCUT2D eigenvalue weighted by Crippen LogP contribution is -2.48. The van der Waals surface area contributed by atoms with Gasteiger partial charge in [0.1, 0.15) is 0 Å². The van der Waals surface area contributed by atoms with Gasteiger partial charge in [0, 0.05) is 12.5 Å². The minimum absolute atomic E-state index is 0.0175. The number of hydrogen-bond donors (Lipinski definition) is 0. The van der Waals surface area contributed by atoms with E-state index in [1.807, 2.05) is 0 Å². The van der Waals surface area contributed by atoms with Gasteiger partial charge in [-0.3, -0.25) is 0 Å². The molecule has 0 aliphatic rings. The first-order valence-corrected chi connectivity index (χ1v) is 9.97. The maximum absolute atomic E-state index is 6.44. The average molecular weight is 363 g/mol. The van der Waals surface area contributed by atoms with E-state index < -0.39 is 0 Å². The van der Waals surface area contributed by atoms with Crippen LogP contribution in [0.2, 0.25) is 0 Å². The minimum Gasteiger partial charge on any atom is -0.375 e. The fourth-order valence-electron chi connectivity index (χ4n) is 2.28. The molecular weight excluding hydrogens is 320 g/mol. The van der Waals surface area contributed by atoms with Crippen molar-refractivity contribution in [3.05, 3.63) is 0 Å². The summed E-state index contributed by atoms with van der Waals surface area (Å²) < 4.78 is 12.7. The van der Waals surface area contributed by atoms with Crippen molar-refractivity contribution >= 4 is 11.6 Å². The minimum atomic E-state index is -0.231. The Balaban J connectivity index is 4.95. The summed E-state index contributed by atoms with van der Waals surface area (Å²) in [4.78, 5) is 0. The molecule has 0 fully saturated rings. The van der Waals surface area contributed by atoms with Crippen LogP contribution in [0.3, 0.4) is 0 Å². The predicted octanol–water partition coefficient (Wildman–Crippen LogP) is 6.69. The Bertz CT molecular complexity index is 365. The lowest BCUT2D eigenvalue weighted by molar-refractivity contribution is -0.157. The zero-order valence-electron chi connectivity index (χ0n) is 18.2. The molecule has 1 unspecified atom stereocenters. The van der Waals surface area contributed by atoms with Crippen LogP contribution in [-0.4, -0.2) is 29.8 Å². The normalized spacial score (nSPS) is 15.9. The first kappa shape index (κ1) is 24.2. The Morgan fingerprint density at radius 1 is 0.833 bits per heavy atom. The highest BCUT2D eigenvalue weighted by Gasteiger charge is 2.42. The molecule has 0 aliphatic carbocycles. The summed E-state index contributed by atoms with van der Waals surface area (Å²) in [5, 5.41) is 0. The molecule has 0 spiro atoms. The second kappa shape index (κ2) is 8.73. The zero-order valence-corrected chi connectivity index (χ0v) is 18.9. The van der Waals surface area contributed by atoms with Crippen molar-refractivity contribution in [2.45, 2.75) is 106 Å². The SMILES string of the molecule is CC(C)CCOC(C)(C)C(C)(C)CC(CCl)OC(C)(C)C(C)(C)C. The van der Waals surface area contributed by atoms with Gasteiger partial charge in [-0.25, -0.2) is 0 Å². The molecule has 0 saturated carbocycles. The van der Waals surface area contributed by atoms with E-state index in [9.17, 15) is 0 Å². The predicted molar refractivity (Wildman–Crippen MR) is 107 cm³/mol. The van der Waals surface area contributed by atoms with E-state index in [0.717, 1.165) is 19.4 Å². The molecular formula is C21H43ClO2. The lowest BCUT2D eigenvalue weighted by Gasteiger charge is -2.46. The molecule has 3 heteroatoms. The number of ether oxygens (including phenoxy) is 2. The van der Waals surface area contributed by atoms with Gasteiger partial charge in [0.25, 0.3) is 0 Å². The van der Waals surface area contributed by atoms with Crippen LogP contribution in [-0.2, 0) is 9.47 Å². The first-order chi connectivity index (χ1) is 10.6. The van der Waals surface area contributed by atoms with E-state index >= 15 is 0 Å². The molecule has 0 bridgehead atoms. The van der Waals surface area contributed by atoms with Gasteiger partial charge in [-0.05, 0) is 57.3 Å². The second-order valence-electron chi connectivity index (χ2n) is 10.3. The van der Waals surface area contributed by atoms with Gasteiger partial charge in [0.05, 0.1) is 17.3 Å². The Kier molecular flexibility index (Phi) is 8.81. The molecule has 24 heavy (non-hydrogen) atoms. The van der Waals surface area contributed by atoms with Crippen molar-refractivity contribution in [3.8, 4) is 0 Å². The van der Waals surface area contributed by atoms with Crippen LogP contribution in [0, 0.1) is 16.7 Å². The third kappa shape index (κ3) is 7.22. The van der Waals surface area contributed by atoms with Crippen molar-refractivity contribution in [1.82, 2.24) is 0 Å². The quantitative estimate of drug-likeness (QED) is 0.403.